The number of rotatable bonds is 3. The Balaban J connectivity index is 1.80. The van der Waals surface area contributed by atoms with Crippen molar-refractivity contribution < 1.29 is 9.13 Å². The zero-order valence-corrected chi connectivity index (χ0v) is 12.8. The molecule has 2 aromatic carbocycles. The minimum absolute atomic E-state index is 0.189. The van der Waals surface area contributed by atoms with Crippen LogP contribution < -0.4 is 10.1 Å². The molecule has 0 unspecified atom stereocenters. The molecule has 0 bridgehead atoms. The van der Waals surface area contributed by atoms with Gasteiger partial charge in [0.2, 0.25) is 5.95 Å². The van der Waals surface area contributed by atoms with Gasteiger partial charge in [0.05, 0.1) is 7.11 Å². The van der Waals surface area contributed by atoms with Crippen LogP contribution in [0.25, 0.3) is 5.70 Å². The number of fused-ring (bicyclic) bond motifs is 1. The van der Waals surface area contributed by atoms with Gasteiger partial charge >= 0.3 is 0 Å². The highest BCUT2D eigenvalue weighted by Crippen LogP contribution is 2.32. The summed E-state index contributed by atoms with van der Waals surface area (Å²) in [5.41, 5.74) is 2.67. The van der Waals surface area contributed by atoms with Crippen molar-refractivity contribution in [3.05, 3.63) is 71.6 Å². The van der Waals surface area contributed by atoms with Crippen LogP contribution in [0.3, 0.4) is 0 Å². The van der Waals surface area contributed by atoms with Gasteiger partial charge in [-0.1, -0.05) is 17.2 Å². The Morgan fingerprint density at radius 1 is 1.17 bits per heavy atom. The number of nitrogens with one attached hydrogen (secondary N) is 1. The largest absolute Gasteiger partial charge is 0.497 e. The Morgan fingerprint density at radius 2 is 2.00 bits per heavy atom. The molecule has 0 saturated carbocycles. The molecular weight excluding hydrogens is 309 g/mol. The van der Waals surface area contributed by atoms with E-state index in [1.807, 2.05) is 30.3 Å². The summed E-state index contributed by atoms with van der Waals surface area (Å²) in [6.45, 7) is 0. The van der Waals surface area contributed by atoms with Gasteiger partial charge in [0.25, 0.3) is 0 Å². The number of aromatic nitrogens is 4. The number of methoxy groups -OCH3 is 1. The van der Waals surface area contributed by atoms with Gasteiger partial charge in [-0.3, -0.25) is 0 Å². The molecule has 120 valence electrons. The first-order chi connectivity index (χ1) is 11.7. The highest BCUT2D eigenvalue weighted by atomic mass is 19.1. The third-order valence-electron chi connectivity index (χ3n) is 3.92. The average Bonchev–Trinajstić information content (AvgIpc) is 3.10. The highest BCUT2D eigenvalue weighted by molar-refractivity contribution is 5.76. The van der Waals surface area contributed by atoms with E-state index in [9.17, 15) is 4.39 Å². The van der Waals surface area contributed by atoms with Crippen molar-refractivity contribution in [2.75, 3.05) is 12.4 Å². The number of allylic oxidation sites excluding steroid dienone is 1. The molecule has 0 amide bonds. The Hall–Kier alpha value is -3.22. The molecule has 24 heavy (non-hydrogen) atoms. The number of benzene rings is 2. The van der Waals surface area contributed by atoms with Crippen molar-refractivity contribution in [2.45, 2.75) is 6.04 Å². The Morgan fingerprint density at radius 3 is 2.79 bits per heavy atom. The number of halogens is 1. The minimum atomic E-state index is -0.274. The Kier molecular flexibility index (Phi) is 3.45. The van der Waals surface area contributed by atoms with E-state index in [1.54, 1.807) is 23.9 Å². The quantitative estimate of drug-likeness (QED) is 0.803. The first kappa shape index (κ1) is 14.4. The summed E-state index contributed by atoms with van der Waals surface area (Å²) >= 11 is 0. The molecule has 0 fully saturated rings. The van der Waals surface area contributed by atoms with E-state index >= 15 is 0 Å². The first-order valence-electron chi connectivity index (χ1n) is 7.41. The average molecular weight is 323 g/mol. The summed E-state index contributed by atoms with van der Waals surface area (Å²) in [5, 5.41) is 15.0. The van der Waals surface area contributed by atoms with Crippen molar-refractivity contribution in [2.24, 2.45) is 0 Å². The third-order valence-corrected chi connectivity index (χ3v) is 3.92. The van der Waals surface area contributed by atoms with Crippen LogP contribution in [0.1, 0.15) is 17.2 Å². The Labute approximate surface area is 137 Å². The molecule has 1 atom stereocenters. The standard InChI is InChI=1S/C17H14FN5O/c1-24-14-4-2-3-12(9-14)16-10-15(11-5-7-13(18)8-6-11)19-17-20-21-22-23(16)17/h2-10,16H,1H3,(H,19,20,22)/t16-/m1/s1. The second-order valence-electron chi connectivity index (χ2n) is 5.38. The lowest BCUT2D eigenvalue weighted by Gasteiger charge is -2.23. The number of nitrogens with zero attached hydrogens (tertiary/aromatic N) is 4. The number of ether oxygens (including phenoxy) is 1. The topological polar surface area (TPSA) is 64.9 Å². The van der Waals surface area contributed by atoms with Gasteiger partial charge in [-0.25, -0.2) is 4.39 Å². The molecule has 0 saturated heterocycles. The van der Waals surface area contributed by atoms with Gasteiger partial charge in [0.1, 0.15) is 17.6 Å². The lowest BCUT2D eigenvalue weighted by Crippen LogP contribution is -2.20. The molecule has 6 nitrogen and oxygen atoms in total. The van der Waals surface area contributed by atoms with E-state index in [4.69, 9.17) is 4.74 Å². The summed E-state index contributed by atoms with van der Waals surface area (Å²) in [7, 11) is 1.63. The lowest BCUT2D eigenvalue weighted by molar-refractivity contribution is 0.413. The fraction of sp³-hybridized carbons (Fsp3) is 0.118. The van der Waals surface area contributed by atoms with Gasteiger partial charge in [0, 0.05) is 5.70 Å². The van der Waals surface area contributed by atoms with Crippen molar-refractivity contribution in [1.82, 2.24) is 20.2 Å². The summed E-state index contributed by atoms with van der Waals surface area (Å²) in [5.74, 6) is 1.02. The van der Waals surface area contributed by atoms with Gasteiger partial charge in [-0.05, 0) is 64.0 Å². The van der Waals surface area contributed by atoms with Gasteiger partial charge in [0.15, 0.2) is 0 Å². The van der Waals surface area contributed by atoms with Crippen LogP contribution >= 0.6 is 0 Å². The predicted octanol–water partition coefficient (Wildman–Crippen LogP) is 2.88. The molecule has 1 N–H and O–H groups in total. The van der Waals surface area contributed by atoms with Crippen LogP contribution in [0.5, 0.6) is 5.75 Å². The van der Waals surface area contributed by atoms with Gasteiger partial charge in [-0.2, -0.15) is 4.68 Å². The molecule has 0 spiro atoms. The van der Waals surface area contributed by atoms with Crippen molar-refractivity contribution in [3.8, 4) is 5.75 Å². The monoisotopic (exact) mass is 323 g/mol. The Bertz CT molecular complexity index is 903. The number of hydrogen-bond donors (Lipinski definition) is 1. The maximum atomic E-state index is 13.2. The van der Waals surface area contributed by atoms with E-state index in [2.05, 4.69) is 20.8 Å². The molecule has 7 heteroatoms. The SMILES string of the molecule is COc1cccc([C@H]2C=C(c3ccc(F)cc3)Nc3nnnn32)c1. The predicted molar refractivity (Wildman–Crippen MR) is 86.9 cm³/mol. The zero-order chi connectivity index (χ0) is 16.5. The smallest absolute Gasteiger partial charge is 0.248 e. The molecule has 0 aliphatic carbocycles. The van der Waals surface area contributed by atoms with E-state index in [-0.39, 0.29) is 11.9 Å². The van der Waals surface area contributed by atoms with E-state index in [1.165, 1.54) is 12.1 Å². The number of tetrazole rings is 1. The van der Waals surface area contributed by atoms with Crippen LogP contribution in [0, 0.1) is 5.82 Å². The molecule has 2 heterocycles. The molecule has 1 aromatic heterocycles. The molecule has 0 radical (unpaired) electrons. The fourth-order valence-electron chi connectivity index (χ4n) is 2.71. The first-order valence-corrected chi connectivity index (χ1v) is 7.41. The fourth-order valence-corrected chi connectivity index (χ4v) is 2.71. The zero-order valence-electron chi connectivity index (χ0n) is 12.8. The van der Waals surface area contributed by atoms with Crippen LogP contribution in [0.15, 0.2) is 54.6 Å². The maximum absolute atomic E-state index is 13.2. The van der Waals surface area contributed by atoms with E-state index < -0.39 is 0 Å². The van der Waals surface area contributed by atoms with Gasteiger partial charge < -0.3 is 10.1 Å². The molecule has 1 aliphatic heterocycles. The summed E-state index contributed by atoms with van der Waals surface area (Å²) in [6.07, 6.45) is 2.01. The maximum Gasteiger partial charge on any atom is 0.248 e. The van der Waals surface area contributed by atoms with Crippen LogP contribution in [0.4, 0.5) is 10.3 Å². The van der Waals surface area contributed by atoms with Crippen LogP contribution in [-0.4, -0.2) is 27.3 Å². The highest BCUT2D eigenvalue weighted by Gasteiger charge is 2.24. The molecule has 4 rings (SSSR count). The summed E-state index contributed by atoms with van der Waals surface area (Å²) < 4.78 is 20.2. The van der Waals surface area contributed by atoms with Crippen molar-refractivity contribution in [1.29, 1.82) is 0 Å². The van der Waals surface area contributed by atoms with E-state index in [0.717, 1.165) is 22.6 Å². The third kappa shape index (κ3) is 2.50. The second-order valence-corrected chi connectivity index (χ2v) is 5.38. The normalized spacial score (nSPS) is 16.1. The van der Waals surface area contributed by atoms with Crippen LogP contribution in [0.2, 0.25) is 0 Å². The van der Waals surface area contributed by atoms with Crippen LogP contribution in [-0.2, 0) is 0 Å². The van der Waals surface area contributed by atoms with Crippen molar-refractivity contribution in [3.63, 3.8) is 0 Å². The minimum Gasteiger partial charge on any atom is -0.497 e. The van der Waals surface area contributed by atoms with Gasteiger partial charge in [-0.15, -0.1) is 0 Å². The number of hydrogen-bond acceptors (Lipinski definition) is 5. The lowest BCUT2D eigenvalue weighted by atomic mass is 10.0. The molecular formula is C17H14FN5O. The summed E-state index contributed by atoms with van der Waals surface area (Å²) in [4.78, 5) is 0. The van der Waals surface area contributed by atoms with Crippen molar-refractivity contribution >= 4 is 11.6 Å². The second kappa shape index (κ2) is 5.77. The van der Waals surface area contributed by atoms with E-state index in [0.29, 0.717) is 5.95 Å². The molecule has 1 aliphatic rings. The number of anilines is 1. The molecule has 3 aromatic rings. The summed E-state index contributed by atoms with van der Waals surface area (Å²) in [6, 6.07) is 13.8.